The molecule has 0 N–H and O–H groups in total. The molecule has 2 aromatic heterocycles. The van der Waals surface area contributed by atoms with E-state index in [-0.39, 0.29) is 11.2 Å². The molecule has 0 fully saturated rings. The van der Waals surface area contributed by atoms with Crippen molar-refractivity contribution in [1.29, 1.82) is 0 Å². The van der Waals surface area contributed by atoms with Gasteiger partial charge in [0.1, 0.15) is 12.0 Å². The summed E-state index contributed by atoms with van der Waals surface area (Å²) in [4.78, 5) is 14.1. The summed E-state index contributed by atoms with van der Waals surface area (Å²) < 4.78 is 5.16. The molecule has 0 aliphatic rings. The van der Waals surface area contributed by atoms with Crippen LogP contribution in [0.5, 0.6) is 0 Å². The zero-order valence-corrected chi connectivity index (χ0v) is 11.4. The van der Waals surface area contributed by atoms with Gasteiger partial charge in [0.25, 0.3) is 0 Å². The Kier molecular flexibility index (Phi) is 2.96. The topological polar surface area (TPSA) is 30.2 Å². The first kappa shape index (κ1) is 12.1. The molecule has 0 aromatic carbocycles. The van der Waals surface area contributed by atoms with Crippen molar-refractivity contribution in [3.8, 4) is 0 Å². The average molecular weight is 248 g/mol. The molecule has 90 valence electrons. The first-order valence-electron chi connectivity index (χ1n) is 5.58. The first-order valence-corrected chi connectivity index (χ1v) is 6.40. The van der Waals surface area contributed by atoms with E-state index in [9.17, 15) is 4.79 Å². The summed E-state index contributed by atoms with van der Waals surface area (Å²) in [7, 11) is 0. The van der Waals surface area contributed by atoms with Gasteiger partial charge in [0.05, 0.1) is 10.4 Å². The number of rotatable bonds is 2. The summed E-state index contributed by atoms with van der Waals surface area (Å²) in [6.07, 6.45) is 1.52. The molecule has 0 atom stereocenters. The Hall–Kier alpha value is -1.35. The number of carbonyl (C=O) groups excluding carboxylic acids is 1. The van der Waals surface area contributed by atoms with Crippen LogP contribution in [0, 0.1) is 6.92 Å². The minimum Gasteiger partial charge on any atom is -0.469 e. The third-order valence-corrected chi connectivity index (χ3v) is 4.07. The van der Waals surface area contributed by atoms with Crippen molar-refractivity contribution in [2.24, 2.45) is 0 Å². The van der Waals surface area contributed by atoms with Crippen molar-refractivity contribution < 1.29 is 9.21 Å². The third-order valence-electron chi connectivity index (χ3n) is 2.56. The van der Waals surface area contributed by atoms with Gasteiger partial charge >= 0.3 is 0 Å². The second-order valence-corrected chi connectivity index (χ2v) is 6.27. The Morgan fingerprint density at radius 2 is 2.00 bits per heavy atom. The molecule has 0 saturated carbocycles. The van der Waals surface area contributed by atoms with E-state index < -0.39 is 0 Å². The number of furan rings is 1. The highest BCUT2D eigenvalue weighted by atomic mass is 32.1. The Bertz CT molecular complexity index is 541. The molecule has 0 radical (unpaired) electrons. The van der Waals surface area contributed by atoms with Crippen LogP contribution in [0.25, 0.3) is 0 Å². The normalized spacial score (nSPS) is 11.8. The van der Waals surface area contributed by atoms with Gasteiger partial charge in [-0.05, 0) is 30.5 Å². The summed E-state index contributed by atoms with van der Waals surface area (Å²) in [5, 5.41) is 0. The van der Waals surface area contributed by atoms with Crippen molar-refractivity contribution >= 4 is 17.1 Å². The highest BCUT2D eigenvalue weighted by Gasteiger charge is 2.19. The van der Waals surface area contributed by atoms with E-state index in [2.05, 4.69) is 20.8 Å². The van der Waals surface area contributed by atoms with Crippen molar-refractivity contribution in [2.75, 3.05) is 0 Å². The van der Waals surface area contributed by atoms with Gasteiger partial charge in [-0.3, -0.25) is 4.79 Å². The maximum Gasteiger partial charge on any atom is 0.206 e. The molecular formula is C14H16O2S. The fraction of sp³-hybridized carbons (Fsp3) is 0.357. The zero-order chi connectivity index (χ0) is 12.6. The second kappa shape index (κ2) is 4.15. The van der Waals surface area contributed by atoms with Crippen LogP contribution in [-0.2, 0) is 5.41 Å². The van der Waals surface area contributed by atoms with E-state index in [1.807, 2.05) is 19.1 Å². The quantitative estimate of drug-likeness (QED) is 0.746. The van der Waals surface area contributed by atoms with Crippen LogP contribution in [0.3, 0.4) is 0 Å². The number of aryl methyl sites for hydroxylation is 1. The first-order chi connectivity index (χ1) is 7.88. The zero-order valence-electron chi connectivity index (χ0n) is 10.5. The predicted molar refractivity (Wildman–Crippen MR) is 69.9 cm³/mol. The van der Waals surface area contributed by atoms with Gasteiger partial charge < -0.3 is 4.42 Å². The van der Waals surface area contributed by atoms with E-state index in [0.717, 1.165) is 10.6 Å². The van der Waals surface area contributed by atoms with Gasteiger partial charge in [-0.2, -0.15) is 0 Å². The monoisotopic (exact) mass is 248 g/mol. The van der Waals surface area contributed by atoms with E-state index in [0.29, 0.717) is 5.56 Å². The molecule has 2 aromatic rings. The van der Waals surface area contributed by atoms with Crippen molar-refractivity contribution in [1.82, 2.24) is 0 Å². The number of hydrogen-bond acceptors (Lipinski definition) is 3. The Morgan fingerprint density at radius 1 is 1.29 bits per heavy atom. The highest BCUT2D eigenvalue weighted by molar-refractivity contribution is 7.14. The third kappa shape index (κ3) is 2.50. The van der Waals surface area contributed by atoms with E-state index in [4.69, 9.17) is 4.42 Å². The molecular weight excluding hydrogens is 232 g/mol. The van der Waals surface area contributed by atoms with Gasteiger partial charge in [0.2, 0.25) is 5.78 Å². The lowest BCUT2D eigenvalue weighted by atomic mass is 9.95. The molecule has 0 amide bonds. The number of ketones is 1. The molecule has 0 bridgehead atoms. The summed E-state index contributed by atoms with van der Waals surface area (Å²) >= 11 is 1.56. The summed E-state index contributed by atoms with van der Waals surface area (Å²) in [5.74, 6) is 0.809. The molecule has 2 rings (SSSR count). The summed E-state index contributed by atoms with van der Waals surface area (Å²) in [5.41, 5.74) is 0.722. The molecule has 2 heterocycles. The minimum absolute atomic E-state index is 0.0438. The second-order valence-electron chi connectivity index (χ2n) is 5.19. The lowest BCUT2D eigenvalue weighted by molar-refractivity contribution is 0.104. The molecule has 0 aliphatic carbocycles. The Morgan fingerprint density at radius 3 is 2.47 bits per heavy atom. The van der Waals surface area contributed by atoms with Gasteiger partial charge in [0.15, 0.2) is 0 Å². The van der Waals surface area contributed by atoms with Gasteiger partial charge in [-0.1, -0.05) is 20.8 Å². The van der Waals surface area contributed by atoms with Crippen LogP contribution in [0.1, 0.15) is 46.6 Å². The molecule has 3 heteroatoms. The van der Waals surface area contributed by atoms with Crippen LogP contribution in [-0.4, -0.2) is 5.78 Å². The van der Waals surface area contributed by atoms with Crippen molar-refractivity contribution in [2.45, 2.75) is 33.1 Å². The fourth-order valence-corrected chi connectivity index (χ4v) is 2.59. The van der Waals surface area contributed by atoms with E-state index in [1.165, 1.54) is 11.1 Å². The van der Waals surface area contributed by atoms with Crippen LogP contribution < -0.4 is 0 Å². The van der Waals surface area contributed by atoms with Crippen LogP contribution in [0.4, 0.5) is 0 Å². The van der Waals surface area contributed by atoms with Crippen LogP contribution in [0.2, 0.25) is 0 Å². The average Bonchev–Trinajstić information content (AvgIpc) is 2.83. The highest BCUT2D eigenvalue weighted by Crippen LogP contribution is 2.30. The maximum absolute atomic E-state index is 12.2. The standard InChI is InChI=1S/C14H16O2S/c1-9-7-10(8-16-9)13(15)11-5-6-12(17-11)14(2,3)4/h5-8H,1-4H3. The minimum atomic E-state index is 0.0438. The number of carbonyl (C=O) groups is 1. The smallest absolute Gasteiger partial charge is 0.206 e. The summed E-state index contributed by atoms with van der Waals surface area (Å²) in [6, 6.07) is 5.71. The molecule has 2 nitrogen and oxygen atoms in total. The van der Waals surface area contributed by atoms with Gasteiger partial charge in [-0.25, -0.2) is 0 Å². The lowest BCUT2D eigenvalue weighted by Gasteiger charge is -2.15. The number of thiophene rings is 1. The molecule has 17 heavy (non-hydrogen) atoms. The Balaban J connectivity index is 2.30. The molecule has 0 unspecified atom stereocenters. The van der Waals surface area contributed by atoms with Crippen molar-refractivity contribution in [3.63, 3.8) is 0 Å². The van der Waals surface area contributed by atoms with E-state index >= 15 is 0 Å². The molecule has 0 aliphatic heterocycles. The number of hydrogen-bond donors (Lipinski definition) is 0. The lowest BCUT2D eigenvalue weighted by Crippen LogP contribution is -2.07. The predicted octanol–water partition coefficient (Wildman–Crippen LogP) is 4.18. The van der Waals surface area contributed by atoms with Crippen molar-refractivity contribution in [3.05, 3.63) is 45.5 Å². The van der Waals surface area contributed by atoms with E-state index in [1.54, 1.807) is 17.4 Å². The Labute approximate surface area is 105 Å². The largest absolute Gasteiger partial charge is 0.469 e. The van der Waals surface area contributed by atoms with Crippen LogP contribution >= 0.6 is 11.3 Å². The van der Waals surface area contributed by atoms with Crippen LogP contribution in [0.15, 0.2) is 28.9 Å². The summed E-state index contributed by atoms with van der Waals surface area (Å²) in [6.45, 7) is 8.28. The molecule has 0 saturated heterocycles. The SMILES string of the molecule is Cc1cc(C(=O)c2ccc(C(C)(C)C)s2)co1. The fourth-order valence-electron chi connectivity index (χ4n) is 1.57. The maximum atomic E-state index is 12.2. The molecule has 0 spiro atoms. The van der Waals surface area contributed by atoms with Gasteiger partial charge in [-0.15, -0.1) is 11.3 Å². The van der Waals surface area contributed by atoms with Gasteiger partial charge in [0, 0.05) is 4.88 Å².